The van der Waals surface area contributed by atoms with E-state index in [0.717, 1.165) is 6.29 Å². The van der Waals surface area contributed by atoms with E-state index in [4.69, 9.17) is 11.6 Å². The molecule has 4 nitrogen and oxygen atoms in total. The zero-order valence-electron chi connectivity index (χ0n) is 5.91. The summed E-state index contributed by atoms with van der Waals surface area (Å²) in [5.74, 6) is 0. The fraction of sp³-hybridized carbons (Fsp3) is 0. The number of aldehydes is 1. The Balaban J connectivity index is 2.88. The van der Waals surface area contributed by atoms with Crippen LogP contribution in [-0.2, 0) is 0 Å². The minimum Gasteiger partial charge on any atom is -0.357 e. The lowest BCUT2D eigenvalue weighted by molar-refractivity contribution is 0.112. The van der Waals surface area contributed by atoms with E-state index >= 15 is 0 Å². The number of nitrogens with one attached hydrogen (secondary N) is 1. The first kappa shape index (κ1) is 7.24. The second kappa shape index (κ2) is 2.57. The number of carbonyl (C=O) groups is 1. The maximum atomic E-state index is 10.5. The minimum atomic E-state index is 0.327. The van der Waals surface area contributed by atoms with Crippen molar-refractivity contribution >= 4 is 28.9 Å². The fourth-order valence-corrected chi connectivity index (χ4v) is 1.21. The number of nitrogens with zero attached hydrogens (tertiary/aromatic N) is 2. The molecule has 5 heteroatoms. The first-order valence-electron chi connectivity index (χ1n) is 3.25. The molecule has 0 saturated carbocycles. The third-order valence-corrected chi connectivity index (χ3v) is 1.86. The van der Waals surface area contributed by atoms with Gasteiger partial charge >= 0.3 is 0 Å². The highest BCUT2D eigenvalue weighted by Crippen LogP contribution is 2.19. The average Bonchev–Trinajstić information content (AvgIpc) is 2.49. The van der Waals surface area contributed by atoms with Crippen LogP contribution in [0.4, 0.5) is 0 Å². The molecule has 0 unspecified atom stereocenters. The van der Waals surface area contributed by atoms with Gasteiger partial charge in [-0.1, -0.05) is 11.6 Å². The molecule has 2 aromatic heterocycles. The summed E-state index contributed by atoms with van der Waals surface area (Å²) >= 11 is 5.73. The molecule has 0 fully saturated rings. The molecule has 0 saturated heterocycles. The van der Waals surface area contributed by atoms with Crippen LogP contribution in [0.15, 0.2) is 12.5 Å². The fourth-order valence-electron chi connectivity index (χ4n) is 1.02. The van der Waals surface area contributed by atoms with Gasteiger partial charge in [-0.15, -0.1) is 0 Å². The van der Waals surface area contributed by atoms with Gasteiger partial charge in [0.1, 0.15) is 17.4 Å². The molecule has 0 atom stereocenters. The number of fused-ring (bicyclic) bond motifs is 1. The Kier molecular flexibility index (Phi) is 1.55. The molecule has 0 aliphatic carbocycles. The average molecular weight is 182 g/mol. The van der Waals surface area contributed by atoms with E-state index < -0.39 is 0 Å². The van der Waals surface area contributed by atoms with E-state index in [2.05, 4.69) is 15.0 Å². The maximum Gasteiger partial charge on any atom is 0.156 e. The van der Waals surface area contributed by atoms with E-state index in [1.165, 1.54) is 6.33 Å². The molecule has 60 valence electrons. The van der Waals surface area contributed by atoms with Crippen LogP contribution in [0.25, 0.3) is 11.0 Å². The molecular formula is C7H4ClN3O. The molecule has 1 N–H and O–H groups in total. The smallest absolute Gasteiger partial charge is 0.156 e. The van der Waals surface area contributed by atoms with Crippen molar-refractivity contribution in [1.29, 1.82) is 0 Å². The lowest BCUT2D eigenvalue weighted by Gasteiger charge is -1.90. The van der Waals surface area contributed by atoms with E-state index in [1.54, 1.807) is 6.20 Å². The second-order valence-electron chi connectivity index (χ2n) is 2.25. The van der Waals surface area contributed by atoms with E-state index in [9.17, 15) is 4.79 Å². The van der Waals surface area contributed by atoms with Gasteiger partial charge in [0.15, 0.2) is 11.4 Å². The Morgan fingerprint density at radius 1 is 1.50 bits per heavy atom. The predicted molar refractivity (Wildman–Crippen MR) is 44.3 cm³/mol. The molecule has 0 radical (unpaired) electrons. The van der Waals surface area contributed by atoms with Crippen molar-refractivity contribution in [3.05, 3.63) is 23.2 Å². The van der Waals surface area contributed by atoms with Crippen LogP contribution >= 0.6 is 11.6 Å². The number of hydrogen-bond donors (Lipinski definition) is 1. The van der Waals surface area contributed by atoms with Gasteiger partial charge in [-0.25, -0.2) is 9.97 Å². The SMILES string of the molecule is O=Cc1c[nH]c2c(Cl)ncnc12. The molecular weight excluding hydrogens is 178 g/mol. The summed E-state index contributed by atoms with van der Waals surface area (Å²) in [6, 6.07) is 0. The molecule has 2 rings (SSSR count). The summed E-state index contributed by atoms with van der Waals surface area (Å²) in [4.78, 5) is 21.0. The largest absolute Gasteiger partial charge is 0.357 e. The Morgan fingerprint density at radius 3 is 3.08 bits per heavy atom. The highest BCUT2D eigenvalue weighted by Gasteiger charge is 2.06. The normalized spacial score (nSPS) is 10.4. The van der Waals surface area contributed by atoms with Crippen molar-refractivity contribution in [3.63, 3.8) is 0 Å². The van der Waals surface area contributed by atoms with Gasteiger partial charge in [-0.2, -0.15) is 0 Å². The molecule has 0 amide bonds. The van der Waals surface area contributed by atoms with Crippen molar-refractivity contribution < 1.29 is 4.79 Å². The van der Waals surface area contributed by atoms with Gasteiger partial charge < -0.3 is 4.98 Å². The van der Waals surface area contributed by atoms with E-state index in [0.29, 0.717) is 21.7 Å². The first-order valence-corrected chi connectivity index (χ1v) is 3.63. The van der Waals surface area contributed by atoms with E-state index in [1.807, 2.05) is 0 Å². The number of hydrogen-bond acceptors (Lipinski definition) is 3. The third kappa shape index (κ3) is 0.887. The number of carbonyl (C=O) groups excluding carboxylic acids is 1. The monoisotopic (exact) mass is 181 g/mol. The summed E-state index contributed by atoms with van der Waals surface area (Å²) < 4.78 is 0. The van der Waals surface area contributed by atoms with Crippen LogP contribution in [-0.4, -0.2) is 21.2 Å². The van der Waals surface area contributed by atoms with Gasteiger partial charge in [-0.3, -0.25) is 4.79 Å². The topological polar surface area (TPSA) is 58.6 Å². The Morgan fingerprint density at radius 2 is 2.33 bits per heavy atom. The van der Waals surface area contributed by atoms with Crippen LogP contribution in [0, 0.1) is 0 Å². The van der Waals surface area contributed by atoms with Crippen LogP contribution < -0.4 is 0 Å². The molecule has 0 aliphatic rings. The predicted octanol–water partition coefficient (Wildman–Crippen LogP) is 1.42. The number of aromatic nitrogens is 3. The van der Waals surface area contributed by atoms with Gasteiger partial charge in [-0.05, 0) is 0 Å². The number of rotatable bonds is 1. The lowest BCUT2D eigenvalue weighted by Crippen LogP contribution is -1.83. The van der Waals surface area contributed by atoms with E-state index in [-0.39, 0.29) is 0 Å². The molecule has 12 heavy (non-hydrogen) atoms. The summed E-state index contributed by atoms with van der Waals surface area (Å²) in [6.45, 7) is 0. The summed E-state index contributed by atoms with van der Waals surface area (Å²) in [5.41, 5.74) is 1.65. The molecule has 2 aromatic rings. The van der Waals surface area contributed by atoms with Crippen molar-refractivity contribution in [1.82, 2.24) is 15.0 Å². The maximum absolute atomic E-state index is 10.5. The van der Waals surface area contributed by atoms with Gasteiger partial charge in [0.2, 0.25) is 0 Å². The molecule has 0 bridgehead atoms. The molecule has 0 spiro atoms. The van der Waals surface area contributed by atoms with Crippen LogP contribution in [0.1, 0.15) is 10.4 Å². The summed E-state index contributed by atoms with van der Waals surface area (Å²) in [6.07, 6.45) is 3.60. The van der Waals surface area contributed by atoms with Crippen LogP contribution in [0.5, 0.6) is 0 Å². The number of aromatic amines is 1. The zero-order valence-corrected chi connectivity index (χ0v) is 6.67. The lowest BCUT2D eigenvalue weighted by atomic mass is 10.3. The number of H-pyrrole nitrogens is 1. The summed E-state index contributed by atoms with van der Waals surface area (Å²) in [5, 5.41) is 0.327. The molecule has 0 aliphatic heterocycles. The quantitative estimate of drug-likeness (QED) is 0.535. The summed E-state index contributed by atoms with van der Waals surface area (Å²) in [7, 11) is 0. The molecule has 2 heterocycles. The Bertz CT molecular complexity index is 437. The van der Waals surface area contributed by atoms with Gasteiger partial charge in [0.05, 0.1) is 5.56 Å². The van der Waals surface area contributed by atoms with Crippen LogP contribution in [0.3, 0.4) is 0 Å². The van der Waals surface area contributed by atoms with Crippen molar-refractivity contribution in [3.8, 4) is 0 Å². The zero-order chi connectivity index (χ0) is 8.55. The van der Waals surface area contributed by atoms with Crippen molar-refractivity contribution in [2.24, 2.45) is 0 Å². The van der Waals surface area contributed by atoms with Crippen molar-refractivity contribution in [2.75, 3.05) is 0 Å². The van der Waals surface area contributed by atoms with Crippen molar-refractivity contribution in [2.45, 2.75) is 0 Å². The first-order chi connectivity index (χ1) is 5.83. The Labute approximate surface area is 72.6 Å². The highest BCUT2D eigenvalue weighted by atomic mass is 35.5. The second-order valence-corrected chi connectivity index (χ2v) is 2.61. The van der Waals surface area contributed by atoms with Gasteiger partial charge in [0, 0.05) is 6.20 Å². The standard InChI is InChI=1S/C7H4ClN3O/c8-7-6-5(10-3-11-7)4(2-12)1-9-6/h1-3,9H. The minimum absolute atomic E-state index is 0.327. The Hall–Kier alpha value is -1.42. The molecule has 0 aromatic carbocycles. The third-order valence-electron chi connectivity index (χ3n) is 1.57. The van der Waals surface area contributed by atoms with Crippen LogP contribution in [0.2, 0.25) is 5.15 Å². The number of halogens is 1. The van der Waals surface area contributed by atoms with Gasteiger partial charge in [0.25, 0.3) is 0 Å². The highest BCUT2D eigenvalue weighted by molar-refractivity contribution is 6.33.